The Morgan fingerprint density at radius 3 is 2.65 bits per heavy atom. The predicted molar refractivity (Wildman–Crippen MR) is 65.1 cm³/mol. The number of hydrogen-bond donors (Lipinski definition) is 1. The van der Waals surface area contributed by atoms with Gasteiger partial charge in [-0.1, -0.05) is 17.7 Å². The Morgan fingerprint density at radius 2 is 2.00 bits per heavy atom. The Balaban J connectivity index is 2.12. The van der Waals surface area contributed by atoms with Crippen molar-refractivity contribution in [2.75, 3.05) is 0 Å². The van der Waals surface area contributed by atoms with Gasteiger partial charge in [-0.05, 0) is 38.3 Å². The molecular weight excluding hydrogens is 212 g/mol. The summed E-state index contributed by atoms with van der Waals surface area (Å²) in [5, 5.41) is 11.7. The lowest BCUT2D eigenvalue weighted by Gasteiger charge is -2.06. The molecule has 0 saturated heterocycles. The van der Waals surface area contributed by atoms with Crippen LogP contribution in [0, 0.1) is 18.3 Å². The fraction of sp³-hybridized carbons (Fsp3) is 0.286. The van der Waals surface area contributed by atoms with Gasteiger partial charge in [0, 0.05) is 16.8 Å². The van der Waals surface area contributed by atoms with Crippen molar-refractivity contribution in [2.24, 2.45) is 0 Å². The zero-order valence-electron chi connectivity index (χ0n) is 9.79. The second-order valence-corrected chi connectivity index (χ2v) is 4.24. The molecule has 1 N–H and O–H groups in total. The van der Waals surface area contributed by atoms with Gasteiger partial charge in [0.05, 0.1) is 6.07 Å². The number of hydrogen-bond acceptors (Lipinski definition) is 2. The van der Waals surface area contributed by atoms with Gasteiger partial charge in [-0.15, -0.1) is 0 Å². The summed E-state index contributed by atoms with van der Waals surface area (Å²) < 4.78 is 0. The van der Waals surface area contributed by atoms with Gasteiger partial charge in [-0.25, -0.2) is 0 Å². The number of nitriles is 1. The summed E-state index contributed by atoms with van der Waals surface area (Å²) in [5.41, 5.74) is 3.26. The molecule has 0 fully saturated rings. The molecule has 0 bridgehead atoms. The van der Waals surface area contributed by atoms with Crippen molar-refractivity contribution in [2.45, 2.75) is 26.2 Å². The van der Waals surface area contributed by atoms with E-state index in [0.29, 0.717) is 11.1 Å². The molecule has 0 heterocycles. The van der Waals surface area contributed by atoms with Gasteiger partial charge in [-0.2, -0.15) is 5.26 Å². The highest BCUT2D eigenvalue weighted by molar-refractivity contribution is 5.95. The van der Waals surface area contributed by atoms with Crippen molar-refractivity contribution >= 4 is 5.91 Å². The van der Waals surface area contributed by atoms with Gasteiger partial charge >= 0.3 is 0 Å². The third-order valence-corrected chi connectivity index (χ3v) is 2.93. The summed E-state index contributed by atoms with van der Waals surface area (Å²) in [4.78, 5) is 11.9. The largest absolute Gasteiger partial charge is 0.325 e. The number of nitrogens with zero attached hydrogens (tertiary/aromatic N) is 1. The van der Waals surface area contributed by atoms with Gasteiger partial charge in [0.15, 0.2) is 0 Å². The minimum atomic E-state index is -0.130. The maximum Gasteiger partial charge on any atom is 0.255 e. The highest BCUT2D eigenvalue weighted by atomic mass is 16.1. The molecule has 17 heavy (non-hydrogen) atoms. The van der Waals surface area contributed by atoms with Crippen LogP contribution in [0.4, 0.5) is 0 Å². The topological polar surface area (TPSA) is 52.9 Å². The van der Waals surface area contributed by atoms with Crippen LogP contribution in [0.25, 0.3) is 0 Å². The molecule has 1 aromatic rings. The van der Waals surface area contributed by atoms with E-state index in [9.17, 15) is 4.79 Å². The van der Waals surface area contributed by atoms with Crippen LogP contribution in [0.5, 0.6) is 0 Å². The quantitative estimate of drug-likeness (QED) is 0.842. The normalized spacial score (nSPS) is 14.6. The fourth-order valence-corrected chi connectivity index (χ4v) is 1.92. The monoisotopic (exact) mass is 226 g/mol. The summed E-state index contributed by atoms with van der Waals surface area (Å²) in [6.07, 6.45) is 2.52. The van der Waals surface area contributed by atoms with E-state index in [1.54, 1.807) is 12.1 Å². The van der Waals surface area contributed by atoms with Gasteiger partial charge < -0.3 is 5.32 Å². The molecule has 1 amide bonds. The van der Waals surface area contributed by atoms with Crippen LogP contribution in [-0.2, 0) is 0 Å². The Labute approximate surface area is 101 Å². The smallest absolute Gasteiger partial charge is 0.255 e. The number of benzene rings is 1. The van der Waals surface area contributed by atoms with Gasteiger partial charge in [-0.3, -0.25) is 4.79 Å². The van der Waals surface area contributed by atoms with E-state index in [-0.39, 0.29) is 5.91 Å². The third kappa shape index (κ3) is 2.54. The molecule has 1 aliphatic rings. The van der Waals surface area contributed by atoms with Crippen LogP contribution in [0.2, 0.25) is 0 Å². The molecule has 0 atom stereocenters. The van der Waals surface area contributed by atoms with Gasteiger partial charge in [0.2, 0.25) is 0 Å². The van der Waals surface area contributed by atoms with E-state index >= 15 is 0 Å². The number of allylic oxidation sites excluding steroid dienone is 2. The van der Waals surface area contributed by atoms with Crippen molar-refractivity contribution in [3.63, 3.8) is 0 Å². The molecule has 0 spiro atoms. The van der Waals surface area contributed by atoms with Crippen LogP contribution in [-0.4, -0.2) is 5.91 Å². The average Bonchev–Trinajstić information content (AvgIpc) is 2.77. The standard InChI is InChI=1S/C14H14N2O/c1-10-5-7-11(8-6-10)14(17)16-13-4-2-3-12(13)9-15/h5-8H,2-4H2,1H3,(H,16,17). The zero-order valence-corrected chi connectivity index (χ0v) is 9.79. The molecule has 3 heteroatoms. The lowest BCUT2D eigenvalue weighted by molar-refractivity contribution is 0.0965. The van der Waals surface area contributed by atoms with E-state index in [4.69, 9.17) is 5.26 Å². The van der Waals surface area contributed by atoms with Crippen LogP contribution < -0.4 is 5.32 Å². The molecule has 0 saturated carbocycles. The molecular formula is C14H14N2O. The zero-order chi connectivity index (χ0) is 12.3. The van der Waals surface area contributed by atoms with Crippen molar-refractivity contribution in [3.8, 4) is 6.07 Å². The van der Waals surface area contributed by atoms with Crippen LogP contribution in [0.1, 0.15) is 35.2 Å². The molecule has 1 aliphatic carbocycles. The second-order valence-electron chi connectivity index (χ2n) is 4.24. The van der Waals surface area contributed by atoms with E-state index in [1.165, 1.54) is 0 Å². The summed E-state index contributed by atoms with van der Waals surface area (Å²) in [7, 11) is 0. The SMILES string of the molecule is Cc1ccc(C(=O)NC2=C(C#N)CCC2)cc1. The Morgan fingerprint density at radius 1 is 1.29 bits per heavy atom. The van der Waals surface area contributed by atoms with Crippen LogP contribution in [0.15, 0.2) is 35.5 Å². The summed E-state index contributed by atoms with van der Waals surface area (Å²) >= 11 is 0. The van der Waals surface area contributed by atoms with Crippen LogP contribution in [0.3, 0.4) is 0 Å². The average molecular weight is 226 g/mol. The van der Waals surface area contributed by atoms with Crippen molar-refractivity contribution < 1.29 is 4.79 Å². The van der Waals surface area contributed by atoms with Gasteiger partial charge in [0.1, 0.15) is 0 Å². The molecule has 86 valence electrons. The first-order chi connectivity index (χ1) is 8.20. The Bertz CT molecular complexity index is 506. The number of aryl methyl sites for hydroxylation is 1. The van der Waals surface area contributed by atoms with Crippen molar-refractivity contribution in [1.82, 2.24) is 5.32 Å². The fourth-order valence-electron chi connectivity index (χ4n) is 1.92. The molecule has 0 aliphatic heterocycles. The summed E-state index contributed by atoms with van der Waals surface area (Å²) in [5.74, 6) is -0.130. The molecule has 3 nitrogen and oxygen atoms in total. The minimum Gasteiger partial charge on any atom is -0.325 e. The number of nitrogens with one attached hydrogen (secondary N) is 1. The van der Waals surface area contributed by atoms with E-state index in [1.807, 2.05) is 19.1 Å². The predicted octanol–water partition coefficient (Wildman–Crippen LogP) is 2.69. The van der Waals surface area contributed by atoms with Gasteiger partial charge in [0.25, 0.3) is 5.91 Å². The molecule has 0 unspecified atom stereocenters. The first-order valence-corrected chi connectivity index (χ1v) is 5.71. The molecule has 0 aromatic heterocycles. The van der Waals surface area contributed by atoms with Crippen molar-refractivity contribution in [1.29, 1.82) is 5.26 Å². The van der Waals surface area contributed by atoms with E-state index < -0.39 is 0 Å². The third-order valence-electron chi connectivity index (χ3n) is 2.93. The summed E-state index contributed by atoms with van der Waals surface area (Å²) in [6.45, 7) is 1.98. The molecule has 0 radical (unpaired) electrons. The first-order valence-electron chi connectivity index (χ1n) is 5.71. The molecule has 1 aromatic carbocycles. The number of carbonyl (C=O) groups excluding carboxylic acids is 1. The molecule has 2 rings (SSSR count). The number of amides is 1. The highest BCUT2D eigenvalue weighted by Crippen LogP contribution is 2.23. The van der Waals surface area contributed by atoms with Crippen LogP contribution >= 0.6 is 0 Å². The lowest BCUT2D eigenvalue weighted by atomic mass is 10.1. The maximum atomic E-state index is 11.9. The van der Waals surface area contributed by atoms with E-state index in [2.05, 4.69) is 11.4 Å². The second kappa shape index (κ2) is 4.84. The summed E-state index contributed by atoms with van der Waals surface area (Å²) in [6, 6.07) is 9.55. The maximum absolute atomic E-state index is 11.9. The number of carbonyl (C=O) groups is 1. The lowest BCUT2D eigenvalue weighted by Crippen LogP contribution is -2.22. The van der Waals surface area contributed by atoms with E-state index in [0.717, 1.165) is 30.5 Å². The first kappa shape index (κ1) is 11.4. The minimum absolute atomic E-state index is 0.130. The van der Waals surface area contributed by atoms with Crippen molar-refractivity contribution in [3.05, 3.63) is 46.7 Å². The Kier molecular flexibility index (Phi) is 3.24. The highest BCUT2D eigenvalue weighted by Gasteiger charge is 2.16. The number of rotatable bonds is 2. The Hall–Kier alpha value is -2.08.